The molecule has 4 aromatic carbocycles. The molecule has 5 aromatic rings. The molecule has 2 heterocycles. The van der Waals surface area contributed by atoms with Crippen molar-refractivity contribution < 1.29 is 4.57 Å². The average molecular weight is 412 g/mol. The summed E-state index contributed by atoms with van der Waals surface area (Å²) in [5.74, 6) is 0. The quantitative estimate of drug-likeness (QED) is 0.280. The van der Waals surface area contributed by atoms with E-state index in [1.54, 1.807) is 0 Å². The van der Waals surface area contributed by atoms with Crippen LogP contribution in [0.2, 0.25) is 0 Å². The number of para-hydroxylation sites is 2. The molecular formula is C30H23N2+. The van der Waals surface area contributed by atoms with Crippen molar-refractivity contribution in [3.05, 3.63) is 133 Å². The maximum absolute atomic E-state index is 2.33. The molecule has 152 valence electrons. The first-order valence-electron chi connectivity index (χ1n) is 11.0. The lowest BCUT2D eigenvalue weighted by Gasteiger charge is -2.25. The number of aromatic nitrogens is 1. The Kier molecular flexibility index (Phi) is 4.54. The van der Waals surface area contributed by atoms with E-state index in [1.165, 1.54) is 27.9 Å². The molecular weight excluding hydrogens is 388 g/mol. The minimum atomic E-state index is 0.952. The summed E-state index contributed by atoms with van der Waals surface area (Å²) in [6, 6.07) is 43.2. The first kappa shape index (κ1) is 18.6. The molecule has 1 aliphatic rings. The van der Waals surface area contributed by atoms with Crippen molar-refractivity contribution in [2.75, 3.05) is 4.90 Å². The lowest BCUT2D eigenvalue weighted by molar-refractivity contribution is -0.672. The fourth-order valence-corrected chi connectivity index (χ4v) is 4.58. The predicted octanol–water partition coefficient (Wildman–Crippen LogP) is 7.14. The summed E-state index contributed by atoms with van der Waals surface area (Å²) in [6.45, 7) is 0.952. The molecule has 1 aliphatic heterocycles. The van der Waals surface area contributed by atoms with Gasteiger partial charge in [0.2, 0.25) is 5.69 Å². The van der Waals surface area contributed by atoms with E-state index in [2.05, 4.69) is 137 Å². The van der Waals surface area contributed by atoms with E-state index in [0.29, 0.717) is 0 Å². The SMILES string of the molecule is c1ccc(N(c2ccccc2)c2ccc(-c3ccc4c(c3)-c3cccc[n+]3C4)cc2)cc1. The Hall–Kier alpha value is -4.17. The van der Waals surface area contributed by atoms with E-state index in [1.807, 2.05) is 0 Å². The average Bonchev–Trinajstić information content (AvgIpc) is 3.24. The molecule has 2 heteroatoms. The van der Waals surface area contributed by atoms with Crippen molar-refractivity contribution >= 4 is 17.1 Å². The van der Waals surface area contributed by atoms with Crippen LogP contribution >= 0.6 is 0 Å². The van der Waals surface area contributed by atoms with Gasteiger partial charge in [0.1, 0.15) is 0 Å². The molecule has 2 nitrogen and oxygen atoms in total. The highest BCUT2D eigenvalue weighted by Crippen LogP contribution is 2.36. The lowest BCUT2D eigenvalue weighted by atomic mass is 9.98. The van der Waals surface area contributed by atoms with Crippen molar-refractivity contribution in [1.82, 2.24) is 0 Å². The first-order chi connectivity index (χ1) is 15.9. The molecule has 0 saturated heterocycles. The monoisotopic (exact) mass is 411 g/mol. The highest BCUT2D eigenvalue weighted by Gasteiger charge is 2.25. The Balaban J connectivity index is 1.38. The number of hydrogen-bond acceptors (Lipinski definition) is 1. The standard InChI is InChI=1S/C30H23N2/c1-3-9-26(10-4-1)32(27-11-5-2-6-12-27)28-18-16-23(17-19-28)24-14-15-25-22-31-20-8-7-13-30(31)29(25)21-24/h1-21H,22H2/q+1. The topological polar surface area (TPSA) is 7.12 Å². The zero-order valence-corrected chi connectivity index (χ0v) is 17.7. The fraction of sp³-hybridized carbons (Fsp3) is 0.0333. The third-order valence-corrected chi connectivity index (χ3v) is 6.15. The predicted molar refractivity (Wildman–Crippen MR) is 131 cm³/mol. The van der Waals surface area contributed by atoms with Gasteiger partial charge in [0.25, 0.3) is 0 Å². The van der Waals surface area contributed by atoms with Gasteiger partial charge < -0.3 is 4.90 Å². The third kappa shape index (κ3) is 3.27. The van der Waals surface area contributed by atoms with E-state index in [-0.39, 0.29) is 0 Å². The van der Waals surface area contributed by atoms with E-state index in [9.17, 15) is 0 Å². The van der Waals surface area contributed by atoms with Crippen LogP contribution in [-0.2, 0) is 6.54 Å². The summed E-state index contributed by atoms with van der Waals surface area (Å²) in [4.78, 5) is 2.29. The van der Waals surface area contributed by atoms with E-state index in [4.69, 9.17) is 0 Å². The van der Waals surface area contributed by atoms with Gasteiger partial charge in [-0.25, -0.2) is 0 Å². The molecule has 0 fully saturated rings. The molecule has 0 atom stereocenters. The van der Waals surface area contributed by atoms with E-state index in [0.717, 1.165) is 23.6 Å². The van der Waals surface area contributed by atoms with Crippen molar-refractivity contribution in [2.24, 2.45) is 0 Å². The molecule has 6 rings (SSSR count). The Morgan fingerprint density at radius 3 is 1.81 bits per heavy atom. The van der Waals surface area contributed by atoms with Gasteiger partial charge in [-0.3, -0.25) is 0 Å². The summed E-state index contributed by atoms with van der Waals surface area (Å²) in [6.07, 6.45) is 2.16. The van der Waals surface area contributed by atoms with Crippen molar-refractivity contribution in [3.8, 4) is 22.4 Å². The molecule has 0 saturated carbocycles. The molecule has 1 aromatic heterocycles. The molecule has 0 amide bonds. The van der Waals surface area contributed by atoms with Crippen LogP contribution in [0, 0.1) is 0 Å². The minimum absolute atomic E-state index is 0.952. The smallest absolute Gasteiger partial charge is 0.213 e. The number of hydrogen-bond donors (Lipinski definition) is 0. The fourth-order valence-electron chi connectivity index (χ4n) is 4.58. The van der Waals surface area contributed by atoms with Gasteiger partial charge in [-0.2, -0.15) is 4.57 Å². The van der Waals surface area contributed by atoms with Crippen LogP contribution in [0.1, 0.15) is 5.56 Å². The maximum atomic E-state index is 2.33. The zero-order valence-electron chi connectivity index (χ0n) is 17.7. The van der Waals surface area contributed by atoms with Gasteiger partial charge >= 0.3 is 0 Å². The summed E-state index contributed by atoms with van der Waals surface area (Å²) < 4.78 is 2.31. The number of nitrogens with zero attached hydrogens (tertiary/aromatic N) is 2. The highest BCUT2D eigenvalue weighted by atomic mass is 15.1. The number of benzene rings is 4. The molecule has 0 radical (unpaired) electrons. The Bertz CT molecular complexity index is 1330. The van der Waals surface area contributed by atoms with Gasteiger partial charge in [0.15, 0.2) is 12.7 Å². The van der Waals surface area contributed by atoms with E-state index >= 15 is 0 Å². The van der Waals surface area contributed by atoms with Crippen molar-refractivity contribution in [1.29, 1.82) is 0 Å². The second-order valence-corrected chi connectivity index (χ2v) is 8.14. The minimum Gasteiger partial charge on any atom is -0.311 e. The Morgan fingerprint density at radius 2 is 1.12 bits per heavy atom. The second-order valence-electron chi connectivity index (χ2n) is 8.14. The Morgan fingerprint density at radius 1 is 0.531 bits per heavy atom. The van der Waals surface area contributed by atoms with Crippen molar-refractivity contribution in [3.63, 3.8) is 0 Å². The third-order valence-electron chi connectivity index (χ3n) is 6.15. The van der Waals surface area contributed by atoms with Crippen LogP contribution in [0.3, 0.4) is 0 Å². The highest BCUT2D eigenvalue weighted by molar-refractivity contribution is 5.79. The van der Waals surface area contributed by atoms with Crippen LogP contribution in [-0.4, -0.2) is 0 Å². The summed E-state index contributed by atoms with van der Waals surface area (Å²) in [5.41, 5.74) is 9.94. The van der Waals surface area contributed by atoms with Gasteiger partial charge in [-0.15, -0.1) is 0 Å². The summed E-state index contributed by atoms with van der Waals surface area (Å²) in [5, 5.41) is 0. The Labute approximate surface area is 188 Å². The maximum Gasteiger partial charge on any atom is 0.213 e. The van der Waals surface area contributed by atoms with Crippen LogP contribution in [0.4, 0.5) is 17.1 Å². The molecule has 0 unspecified atom stereocenters. The summed E-state index contributed by atoms with van der Waals surface area (Å²) in [7, 11) is 0. The van der Waals surface area contributed by atoms with Gasteiger partial charge in [0, 0.05) is 34.8 Å². The number of anilines is 3. The van der Waals surface area contributed by atoms with Crippen LogP contribution in [0.5, 0.6) is 0 Å². The van der Waals surface area contributed by atoms with Gasteiger partial charge in [-0.1, -0.05) is 60.7 Å². The zero-order chi connectivity index (χ0) is 21.3. The molecule has 0 aliphatic carbocycles. The molecule has 32 heavy (non-hydrogen) atoms. The number of rotatable bonds is 4. The number of pyridine rings is 1. The van der Waals surface area contributed by atoms with Crippen LogP contribution < -0.4 is 9.47 Å². The summed E-state index contributed by atoms with van der Waals surface area (Å²) >= 11 is 0. The van der Waals surface area contributed by atoms with E-state index < -0.39 is 0 Å². The van der Waals surface area contributed by atoms with Gasteiger partial charge in [0.05, 0.1) is 5.56 Å². The lowest BCUT2D eigenvalue weighted by Crippen LogP contribution is -2.31. The van der Waals surface area contributed by atoms with Gasteiger partial charge in [-0.05, 0) is 59.7 Å². The van der Waals surface area contributed by atoms with Crippen molar-refractivity contribution in [2.45, 2.75) is 6.54 Å². The molecule has 0 N–H and O–H groups in total. The number of fused-ring (bicyclic) bond motifs is 3. The largest absolute Gasteiger partial charge is 0.311 e. The second kappa shape index (κ2) is 7.82. The molecule has 0 bridgehead atoms. The first-order valence-corrected chi connectivity index (χ1v) is 11.0. The molecule has 0 spiro atoms. The van der Waals surface area contributed by atoms with Crippen LogP contribution in [0.25, 0.3) is 22.4 Å². The normalized spacial score (nSPS) is 11.6. The van der Waals surface area contributed by atoms with Crippen LogP contribution in [0.15, 0.2) is 128 Å².